The Hall–Kier alpha value is -0.980. The molecule has 16 heavy (non-hydrogen) atoms. The minimum absolute atomic E-state index is 0.365. The molecule has 0 aromatic rings. The Kier molecular flexibility index (Phi) is 5.57. The van der Waals surface area contributed by atoms with E-state index in [2.05, 4.69) is 5.32 Å². The van der Waals surface area contributed by atoms with Gasteiger partial charge in [0.1, 0.15) is 6.54 Å². The molecule has 0 bridgehead atoms. The highest BCUT2D eigenvalue weighted by Gasteiger charge is 2.29. The molecule has 0 radical (unpaired) electrons. The highest BCUT2D eigenvalue weighted by atomic mass is 19.4. The second kappa shape index (κ2) is 5.93. The normalized spacial score (nSPS) is 15.4. The highest BCUT2D eigenvalue weighted by Crippen LogP contribution is 2.14. The van der Waals surface area contributed by atoms with E-state index < -0.39 is 24.3 Å². The van der Waals surface area contributed by atoms with Gasteiger partial charge in [-0.25, -0.2) is 4.79 Å². The lowest BCUT2D eigenvalue weighted by Gasteiger charge is -2.29. The van der Waals surface area contributed by atoms with Crippen molar-refractivity contribution in [2.75, 3.05) is 13.1 Å². The van der Waals surface area contributed by atoms with E-state index in [4.69, 9.17) is 5.73 Å². The molecule has 0 saturated carbocycles. The fraction of sp³-hybridized carbons (Fsp3) is 0.889. The lowest BCUT2D eigenvalue weighted by atomic mass is 9.95. The number of nitrogens with one attached hydrogen (secondary N) is 2. The summed E-state index contributed by atoms with van der Waals surface area (Å²) in [7, 11) is 0. The van der Waals surface area contributed by atoms with Gasteiger partial charge in [0, 0.05) is 5.54 Å². The minimum Gasteiger partial charge on any atom is -0.333 e. The number of nitrogens with two attached hydrogens (primary N) is 1. The molecular formula is C9H18F3N3O. The molecule has 0 heterocycles. The molecule has 0 aliphatic heterocycles. The van der Waals surface area contributed by atoms with Gasteiger partial charge < -0.3 is 16.4 Å². The van der Waals surface area contributed by atoms with Gasteiger partial charge in [-0.3, -0.25) is 0 Å². The predicted octanol–water partition coefficient (Wildman–Crippen LogP) is 1.37. The van der Waals surface area contributed by atoms with E-state index >= 15 is 0 Å². The molecule has 4 N–H and O–H groups in total. The van der Waals surface area contributed by atoms with E-state index in [1.807, 2.05) is 6.92 Å². The van der Waals surface area contributed by atoms with E-state index in [1.54, 1.807) is 12.2 Å². The fourth-order valence-electron chi connectivity index (χ4n) is 1.15. The highest BCUT2D eigenvalue weighted by molar-refractivity contribution is 5.74. The van der Waals surface area contributed by atoms with Gasteiger partial charge in [-0.05, 0) is 26.3 Å². The quantitative estimate of drug-likeness (QED) is 0.680. The summed E-state index contributed by atoms with van der Waals surface area (Å²) in [6.07, 6.45) is -3.28. The maximum Gasteiger partial charge on any atom is 0.405 e. The van der Waals surface area contributed by atoms with Gasteiger partial charge in [0.15, 0.2) is 0 Å². The number of hydrogen-bond acceptors (Lipinski definition) is 2. The Morgan fingerprint density at radius 2 is 1.94 bits per heavy atom. The van der Waals surface area contributed by atoms with Crippen molar-refractivity contribution in [3.63, 3.8) is 0 Å². The first-order valence-corrected chi connectivity index (χ1v) is 5.05. The molecule has 0 fully saturated rings. The van der Waals surface area contributed by atoms with Crippen LogP contribution in [0.15, 0.2) is 0 Å². The molecule has 0 aromatic carbocycles. The summed E-state index contributed by atoms with van der Waals surface area (Å²) in [6.45, 7) is 2.61. The molecule has 0 spiro atoms. The van der Waals surface area contributed by atoms with Crippen LogP contribution in [0.2, 0.25) is 0 Å². The monoisotopic (exact) mass is 241 g/mol. The van der Waals surface area contributed by atoms with Crippen molar-refractivity contribution in [3.05, 3.63) is 0 Å². The van der Waals surface area contributed by atoms with Gasteiger partial charge in [0.2, 0.25) is 0 Å². The summed E-state index contributed by atoms with van der Waals surface area (Å²) in [5.41, 5.74) is 4.79. The maximum absolute atomic E-state index is 11.8. The molecule has 4 nitrogen and oxygen atoms in total. The molecule has 1 unspecified atom stereocenters. The predicted molar refractivity (Wildman–Crippen MR) is 55.0 cm³/mol. The molecule has 96 valence electrons. The van der Waals surface area contributed by atoms with Crippen molar-refractivity contribution in [2.24, 2.45) is 5.73 Å². The van der Waals surface area contributed by atoms with Crippen LogP contribution in [0.4, 0.5) is 18.0 Å². The molecule has 0 aliphatic carbocycles. The summed E-state index contributed by atoms with van der Waals surface area (Å²) in [5.74, 6) is 0. The van der Waals surface area contributed by atoms with Crippen molar-refractivity contribution in [1.29, 1.82) is 0 Å². The Balaban J connectivity index is 4.11. The van der Waals surface area contributed by atoms with Crippen LogP contribution in [-0.2, 0) is 0 Å². The number of halogens is 3. The number of alkyl halides is 3. The lowest BCUT2D eigenvalue weighted by Crippen LogP contribution is -2.52. The first-order valence-electron chi connectivity index (χ1n) is 5.05. The summed E-state index contributed by atoms with van der Waals surface area (Å²) in [5, 5.41) is 4.24. The average Bonchev–Trinajstić information content (AvgIpc) is 2.14. The van der Waals surface area contributed by atoms with E-state index in [1.165, 1.54) is 0 Å². The zero-order valence-corrected chi connectivity index (χ0v) is 9.45. The van der Waals surface area contributed by atoms with Crippen LogP contribution in [0, 0.1) is 0 Å². The molecule has 0 aromatic heterocycles. The van der Waals surface area contributed by atoms with Gasteiger partial charge in [0.25, 0.3) is 0 Å². The number of rotatable bonds is 5. The third-order valence-electron chi connectivity index (χ3n) is 2.34. The van der Waals surface area contributed by atoms with Gasteiger partial charge >= 0.3 is 12.2 Å². The SMILES string of the molecule is CCC(C)(CCN)NC(=O)NCC(F)(F)F. The molecule has 0 saturated heterocycles. The van der Waals surface area contributed by atoms with Gasteiger partial charge in [0.05, 0.1) is 0 Å². The van der Waals surface area contributed by atoms with E-state index in [-0.39, 0.29) is 0 Å². The van der Waals surface area contributed by atoms with Crippen LogP contribution in [0.25, 0.3) is 0 Å². The Bertz CT molecular complexity index is 233. The van der Waals surface area contributed by atoms with Crippen molar-refractivity contribution in [3.8, 4) is 0 Å². The van der Waals surface area contributed by atoms with E-state index in [0.29, 0.717) is 19.4 Å². The smallest absolute Gasteiger partial charge is 0.333 e. The fourth-order valence-corrected chi connectivity index (χ4v) is 1.15. The summed E-state index contributed by atoms with van der Waals surface area (Å²) in [4.78, 5) is 11.2. The van der Waals surface area contributed by atoms with Gasteiger partial charge in [-0.15, -0.1) is 0 Å². The van der Waals surface area contributed by atoms with Crippen LogP contribution in [0.3, 0.4) is 0 Å². The molecule has 2 amide bonds. The molecule has 0 aliphatic rings. The number of carbonyl (C=O) groups is 1. The Morgan fingerprint density at radius 1 is 1.38 bits per heavy atom. The van der Waals surface area contributed by atoms with E-state index in [9.17, 15) is 18.0 Å². The molecule has 0 rings (SSSR count). The standard InChI is InChI=1S/C9H18F3N3O/c1-3-8(2,4-5-13)15-7(16)14-6-9(10,11)12/h3-6,13H2,1-2H3,(H2,14,15,16). The van der Waals surface area contributed by atoms with Crippen LogP contribution >= 0.6 is 0 Å². The maximum atomic E-state index is 11.8. The van der Waals surface area contributed by atoms with Crippen molar-refractivity contribution in [1.82, 2.24) is 10.6 Å². The van der Waals surface area contributed by atoms with Crippen LogP contribution < -0.4 is 16.4 Å². The second-order valence-corrected chi connectivity index (χ2v) is 3.88. The third kappa shape index (κ3) is 6.49. The number of hydrogen-bond donors (Lipinski definition) is 3. The van der Waals surface area contributed by atoms with Crippen LogP contribution in [0.5, 0.6) is 0 Å². The summed E-state index contributed by atoms with van der Waals surface area (Å²) in [6, 6.07) is -0.824. The van der Waals surface area contributed by atoms with E-state index in [0.717, 1.165) is 0 Å². The average molecular weight is 241 g/mol. The third-order valence-corrected chi connectivity index (χ3v) is 2.34. The first kappa shape index (κ1) is 15.0. The summed E-state index contributed by atoms with van der Waals surface area (Å²) < 4.78 is 35.4. The molecule has 7 heteroatoms. The first-order chi connectivity index (χ1) is 7.22. The number of urea groups is 1. The topological polar surface area (TPSA) is 67.1 Å². The van der Waals surface area contributed by atoms with Crippen molar-refractivity contribution >= 4 is 6.03 Å². The summed E-state index contributed by atoms with van der Waals surface area (Å²) >= 11 is 0. The number of carbonyl (C=O) groups excluding carboxylic acids is 1. The Labute approximate surface area is 92.8 Å². The van der Waals surface area contributed by atoms with Gasteiger partial charge in [-0.2, -0.15) is 13.2 Å². The van der Waals surface area contributed by atoms with Crippen molar-refractivity contribution in [2.45, 2.75) is 38.4 Å². The number of amides is 2. The molecular weight excluding hydrogens is 223 g/mol. The minimum atomic E-state index is -4.40. The second-order valence-electron chi connectivity index (χ2n) is 3.88. The largest absolute Gasteiger partial charge is 0.405 e. The van der Waals surface area contributed by atoms with Gasteiger partial charge in [-0.1, -0.05) is 6.92 Å². The molecule has 1 atom stereocenters. The lowest BCUT2D eigenvalue weighted by molar-refractivity contribution is -0.122. The van der Waals surface area contributed by atoms with Crippen LogP contribution in [0.1, 0.15) is 26.7 Å². The van der Waals surface area contributed by atoms with Crippen LogP contribution in [-0.4, -0.2) is 30.8 Å². The zero-order chi connectivity index (χ0) is 12.8. The van der Waals surface area contributed by atoms with Crippen molar-refractivity contribution < 1.29 is 18.0 Å². The Morgan fingerprint density at radius 3 is 2.31 bits per heavy atom. The zero-order valence-electron chi connectivity index (χ0n) is 9.45.